The van der Waals surface area contributed by atoms with Crippen molar-refractivity contribution in [2.45, 2.75) is 70.9 Å². The van der Waals surface area contributed by atoms with Crippen LogP contribution in [0.4, 0.5) is 4.39 Å². The Labute approximate surface area is 250 Å². The van der Waals surface area contributed by atoms with Gasteiger partial charge in [-0.25, -0.2) is 14.2 Å². The van der Waals surface area contributed by atoms with Crippen LogP contribution in [-0.4, -0.2) is 61.6 Å². The average Bonchev–Trinajstić information content (AvgIpc) is 3.32. The van der Waals surface area contributed by atoms with Gasteiger partial charge in [0.25, 0.3) is 5.56 Å². The number of hydrogen-bond acceptors (Lipinski definition) is 8. The van der Waals surface area contributed by atoms with E-state index in [4.69, 9.17) is 21.3 Å². The van der Waals surface area contributed by atoms with Crippen molar-refractivity contribution in [1.29, 1.82) is 0 Å². The Morgan fingerprint density at radius 3 is 2.72 bits per heavy atom. The van der Waals surface area contributed by atoms with E-state index in [0.717, 1.165) is 0 Å². The summed E-state index contributed by atoms with van der Waals surface area (Å²) in [5, 5.41) is 24.5. The normalized spacial score (nSPS) is 20.6. The van der Waals surface area contributed by atoms with E-state index in [1.165, 1.54) is 29.4 Å². The molecule has 1 aromatic carbocycles. The predicted octanol–water partition coefficient (Wildman–Crippen LogP) is 2.20. The lowest BCUT2D eigenvalue weighted by molar-refractivity contribution is -0.172. The zero-order chi connectivity index (χ0) is 31.0. The van der Waals surface area contributed by atoms with Gasteiger partial charge in [0, 0.05) is 36.0 Å². The van der Waals surface area contributed by atoms with Gasteiger partial charge >= 0.3 is 5.97 Å². The molecule has 2 amide bonds. The number of pyridine rings is 2. The minimum absolute atomic E-state index is 0.0146. The molecule has 0 bridgehead atoms. The third-order valence-electron chi connectivity index (χ3n) is 8.64. The molecule has 13 heteroatoms. The maximum atomic E-state index is 15.0. The highest BCUT2D eigenvalue weighted by atomic mass is 35.5. The molecule has 4 heterocycles. The molecule has 11 nitrogen and oxygen atoms in total. The fraction of sp³-hybridized carbons (Fsp3) is 0.433. The van der Waals surface area contributed by atoms with Crippen molar-refractivity contribution in [3.8, 4) is 11.4 Å². The number of halogens is 2. The molecule has 3 aromatic rings. The van der Waals surface area contributed by atoms with E-state index in [-0.39, 0.29) is 60.2 Å². The fourth-order valence-corrected chi connectivity index (χ4v) is 6.78. The van der Waals surface area contributed by atoms with Crippen molar-refractivity contribution < 1.29 is 33.7 Å². The highest BCUT2D eigenvalue weighted by Crippen LogP contribution is 2.46. The number of aliphatic hydroxyl groups excluding tert-OH is 1. The van der Waals surface area contributed by atoms with E-state index in [0.29, 0.717) is 46.3 Å². The Kier molecular flexibility index (Phi) is 7.06. The summed E-state index contributed by atoms with van der Waals surface area (Å²) in [7, 11) is 0. The second-order valence-electron chi connectivity index (χ2n) is 11.4. The standard InChI is InChI=1S/C30H30ClFN4O7/c1-4-30(42)18-7-22-27-16(10-36(22)28(40)17(18)12-43-29(30)41)25-20(33-23(39)11-35(14(3)38)9-13(2)37)6-5-15-24(25)21(34-27)8-19(32)26(15)31/h7-8,13,20,37,42H,4-6,9-12H2,1-3H3,(H,33,39)/t13?,20-,30-/m0/s1. The number of carbonyl (C=O) groups excluding carboxylic acids is 3. The van der Waals surface area contributed by atoms with Gasteiger partial charge in [-0.1, -0.05) is 18.5 Å². The Morgan fingerprint density at radius 1 is 1.30 bits per heavy atom. The molecule has 0 saturated carbocycles. The molecule has 3 N–H and O–H groups in total. The van der Waals surface area contributed by atoms with Crippen molar-refractivity contribution >= 4 is 40.3 Å². The molecule has 0 spiro atoms. The van der Waals surface area contributed by atoms with E-state index in [1.807, 2.05) is 0 Å². The molecule has 2 aromatic heterocycles. The van der Waals surface area contributed by atoms with Gasteiger partial charge in [0.15, 0.2) is 5.60 Å². The highest BCUT2D eigenvalue weighted by Gasteiger charge is 2.46. The summed E-state index contributed by atoms with van der Waals surface area (Å²) in [6.45, 7) is 3.95. The minimum Gasteiger partial charge on any atom is -0.458 e. The number of aromatic nitrogens is 2. The number of ether oxygens (including phenoxy) is 1. The van der Waals surface area contributed by atoms with Gasteiger partial charge in [-0.05, 0) is 43.4 Å². The van der Waals surface area contributed by atoms with Gasteiger partial charge < -0.3 is 29.7 Å². The molecule has 0 fully saturated rings. The monoisotopic (exact) mass is 612 g/mol. The zero-order valence-corrected chi connectivity index (χ0v) is 24.5. The van der Waals surface area contributed by atoms with Crippen molar-refractivity contribution in [2.75, 3.05) is 13.1 Å². The molecule has 1 aliphatic carbocycles. The summed E-state index contributed by atoms with van der Waals surface area (Å²) >= 11 is 6.41. The molecule has 0 saturated heterocycles. The van der Waals surface area contributed by atoms with Crippen molar-refractivity contribution in [3.05, 3.63) is 61.1 Å². The molecule has 3 atom stereocenters. The smallest absolute Gasteiger partial charge is 0.343 e. The van der Waals surface area contributed by atoms with E-state index in [9.17, 15) is 33.8 Å². The molecule has 2 aliphatic heterocycles. The number of fused-ring (bicyclic) bond motifs is 5. The third-order valence-corrected chi connectivity index (χ3v) is 9.05. The number of amides is 2. The fourth-order valence-electron chi connectivity index (χ4n) is 6.54. The summed E-state index contributed by atoms with van der Waals surface area (Å²) in [6, 6.07) is 2.20. The number of hydrogen-bond donors (Lipinski definition) is 3. The quantitative estimate of drug-likeness (QED) is 0.280. The van der Waals surface area contributed by atoms with Gasteiger partial charge in [0.2, 0.25) is 11.8 Å². The Hall–Kier alpha value is -3.87. The molecule has 6 rings (SSSR count). The van der Waals surface area contributed by atoms with Crippen molar-refractivity contribution in [2.24, 2.45) is 0 Å². The maximum Gasteiger partial charge on any atom is 0.343 e. The van der Waals surface area contributed by atoms with Crippen LogP contribution in [0.15, 0.2) is 16.9 Å². The van der Waals surface area contributed by atoms with Crippen molar-refractivity contribution in [3.63, 3.8) is 0 Å². The lowest BCUT2D eigenvalue weighted by Crippen LogP contribution is -2.44. The molecule has 0 radical (unpaired) electrons. The van der Waals surface area contributed by atoms with Crippen LogP contribution in [0.3, 0.4) is 0 Å². The largest absolute Gasteiger partial charge is 0.458 e. The first-order valence-corrected chi connectivity index (χ1v) is 14.5. The SMILES string of the molecule is CC[C@@]1(O)C(=O)OCc2c1cc1n(c2=O)Cc2c-1nc1cc(F)c(Cl)c3c1c2[C@@H](NC(=O)CN(CC(C)O)C(C)=O)CC3. The first-order chi connectivity index (χ1) is 20.3. The van der Waals surface area contributed by atoms with Crippen LogP contribution in [0.2, 0.25) is 5.02 Å². The Morgan fingerprint density at radius 2 is 2.05 bits per heavy atom. The number of rotatable bonds is 6. The summed E-state index contributed by atoms with van der Waals surface area (Å²) in [5.74, 6) is -2.31. The maximum absolute atomic E-state index is 15.0. The van der Waals surface area contributed by atoms with Gasteiger partial charge in [-0.15, -0.1) is 0 Å². The zero-order valence-electron chi connectivity index (χ0n) is 23.8. The number of aryl methyl sites for hydroxylation is 1. The van der Waals surface area contributed by atoms with Gasteiger partial charge in [0.1, 0.15) is 12.4 Å². The second-order valence-corrected chi connectivity index (χ2v) is 11.8. The highest BCUT2D eigenvalue weighted by molar-refractivity contribution is 6.32. The van der Waals surface area contributed by atoms with E-state index >= 15 is 0 Å². The number of nitrogens with one attached hydrogen (secondary N) is 1. The second kappa shape index (κ2) is 10.4. The van der Waals surface area contributed by atoms with Crippen LogP contribution in [0.5, 0.6) is 0 Å². The Bertz CT molecular complexity index is 1810. The first-order valence-electron chi connectivity index (χ1n) is 14.1. The number of cyclic esters (lactones) is 1. The number of aliphatic hydroxyl groups is 2. The van der Waals surface area contributed by atoms with E-state index in [1.54, 1.807) is 13.0 Å². The topological polar surface area (TPSA) is 151 Å². The summed E-state index contributed by atoms with van der Waals surface area (Å²) < 4.78 is 21.6. The molecular formula is C30H30ClFN4O7. The number of esters is 1. The van der Waals surface area contributed by atoms with Crippen LogP contribution in [0.1, 0.15) is 67.5 Å². The predicted molar refractivity (Wildman–Crippen MR) is 153 cm³/mol. The summed E-state index contributed by atoms with van der Waals surface area (Å²) in [4.78, 5) is 57.6. The molecule has 43 heavy (non-hydrogen) atoms. The van der Waals surface area contributed by atoms with Gasteiger partial charge in [-0.2, -0.15) is 0 Å². The van der Waals surface area contributed by atoms with Crippen LogP contribution in [0.25, 0.3) is 22.3 Å². The van der Waals surface area contributed by atoms with Crippen LogP contribution < -0.4 is 10.9 Å². The number of nitrogens with zero attached hydrogens (tertiary/aromatic N) is 3. The number of benzene rings is 1. The average molecular weight is 613 g/mol. The van der Waals surface area contributed by atoms with Gasteiger partial charge in [0.05, 0.1) is 52.7 Å². The van der Waals surface area contributed by atoms with E-state index in [2.05, 4.69) is 5.32 Å². The van der Waals surface area contributed by atoms with Crippen molar-refractivity contribution in [1.82, 2.24) is 19.8 Å². The van der Waals surface area contributed by atoms with Gasteiger partial charge in [-0.3, -0.25) is 14.4 Å². The van der Waals surface area contributed by atoms with E-state index < -0.39 is 41.0 Å². The Balaban J connectivity index is 1.51. The minimum atomic E-state index is -2.01. The molecule has 1 unspecified atom stereocenters. The van der Waals surface area contributed by atoms with Crippen LogP contribution >= 0.6 is 11.6 Å². The van der Waals surface area contributed by atoms with Crippen LogP contribution in [-0.2, 0) is 44.3 Å². The number of carbonyl (C=O) groups is 3. The van der Waals surface area contributed by atoms with Crippen LogP contribution in [0, 0.1) is 5.82 Å². The lowest BCUT2D eigenvalue weighted by atomic mass is 9.83. The molecular weight excluding hydrogens is 583 g/mol. The lowest BCUT2D eigenvalue weighted by Gasteiger charge is -2.31. The molecule has 3 aliphatic rings. The molecule has 226 valence electrons. The summed E-state index contributed by atoms with van der Waals surface area (Å²) in [6.07, 6.45) is -0.130. The third kappa shape index (κ3) is 4.50. The first kappa shape index (κ1) is 29.2. The summed E-state index contributed by atoms with van der Waals surface area (Å²) in [5.41, 5.74) is 0.689.